The number of rotatable bonds is 5. The summed E-state index contributed by atoms with van der Waals surface area (Å²) in [6, 6.07) is 0.725. The Labute approximate surface area is 123 Å². The molecule has 1 unspecified atom stereocenters. The zero-order valence-electron chi connectivity index (χ0n) is 13.2. The molecule has 1 atom stereocenters. The van der Waals surface area contributed by atoms with Gasteiger partial charge in [-0.25, -0.2) is 0 Å². The molecule has 2 fully saturated rings. The van der Waals surface area contributed by atoms with Crippen LogP contribution in [0.3, 0.4) is 0 Å². The summed E-state index contributed by atoms with van der Waals surface area (Å²) in [4.78, 5) is 17.1. The van der Waals surface area contributed by atoms with Gasteiger partial charge in [0.15, 0.2) is 0 Å². The van der Waals surface area contributed by atoms with E-state index in [1.165, 1.54) is 45.2 Å². The number of amides is 1. The lowest BCUT2D eigenvalue weighted by atomic mass is 9.99. The van der Waals surface area contributed by atoms with E-state index in [0.717, 1.165) is 32.2 Å². The molecule has 0 aromatic rings. The Morgan fingerprint density at radius 2 is 1.80 bits per heavy atom. The van der Waals surface area contributed by atoms with Gasteiger partial charge >= 0.3 is 0 Å². The highest BCUT2D eigenvalue weighted by molar-refractivity contribution is 5.78. The second-order valence-corrected chi connectivity index (χ2v) is 6.36. The highest BCUT2D eigenvalue weighted by Crippen LogP contribution is 2.21. The summed E-state index contributed by atoms with van der Waals surface area (Å²) in [6.07, 6.45) is 6.45. The Bertz CT molecular complexity index is 294. The summed E-state index contributed by atoms with van der Waals surface area (Å²) >= 11 is 0. The van der Waals surface area contributed by atoms with E-state index >= 15 is 0 Å². The van der Waals surface area contributed by atoms with Crippen LogP contribution in [0.5, 0.6) is 0 Å². The minimum Gasteiger partial charge on any atom is -0.342 e. The van der Waals surface area contributed by atoms with Crippen molar-refractivity contribution in [2.45, 2.75) is 52.0 Å². The van der Waals surface area contributed by atoms with Gasteiger partial charge in [-0.15, -0.1) is 0 Å². The average Bonchev–Trinajstić information content (AvgIpc) is 2.53. The average molecular weight is 281 g/mol. The second-order valence-electron chi connectivity index (χ2n) is 6.36. The van der Waals surface area contributed by atoms with Crippen LogP contribution in [0.25, 0.3) is 0 Å². The van der Waals surface area contributed by atoms with Crippen LogP contribution >= 0.6 is 0 Å². The van der Waals surface area contributed by atoms with E-state index in [4.69, 9.17) is 0 Å². The lowest BCUT2D eigenvalue weighted by Gasteiger charge is -2.40. The number of carbonyl (C=O) groups excluding carboxylic acids is 1. The Morgan fingerprint density at radius 1 is 1.15 bits per heavy atom. The van der Waals surface area contributed by atoms with Gasteiger partial charge in [-0.1, -0.05) is 20.3 Å². The quantitative estimate of drug-likeness (QED) is 0.833. The molecule has 0 radical (unpaired) electrons. The minimum atomic E-state index is 0.112. The molecule has 0 aliphatic carbocycles. The summed E-state index contributed by atoms with van der Waals surface area (Å²) in [5.41, 5.74) is 0. The van der Waals surface area contributed by atoms with E-state index in [1.54, 1.807) is 0 Å². The molecule has 1 N–H and O–H groups in total. The number of carbonyl (C=O) groups is 1. The predicted octanol–water partition coefficient (Wildman–Crippen LogP) is 1.71. The van der Waals surface area contributed by atoms with Crippen LogP contribution < -0.4 is 5.32 Å². The smallest absolute Gasteiger partial charge is 0.226 e. The van der Waals surface area contributed by atoms with Crippen LogP contribution in [-0.4, -0.2) is 61.0 Å². The van der Waals surface area contributed by atoms with Crippen LogP contribution in [0.1, 0.15) is 46.0 Å². The topological polar surface area (TPSA) is 35.6 Å². The fourth-order valence-electron chi connectivity index (χ4n) is 3.49. The van der Waals surface area contributed by atoms with Gasteiger partial charge in [-0.3, -0.25) is 4.79 Å². The van der Waals surface area contributed by atoms with Gasteiger partial charge in [-0.2, -0.15) is 0 Å². The lowest BCUT2D eigenvalue weighted by molar-refractivity contribution is -0.136. The number of hydrogen-bond donors (Lipinski definition) is 1. The largest absolute Gasteiger partial charge is 0.342 e. The van der Waals surface area contributed by atoms with Crippen molar-refractivity contribution in [3.63, 3.8) is 0 Å². The van der Waals surface area contributed by atoms with Crippen LogP contribution in [0.4, 0.5) is 0 Å². The molecule has 0 aromatic heterocycles. The van der Waals surface area contributed by atoms with Crippen molar-refractivity contribution >= 4 is 5.91 Å². The Morgan fingerprint density at radius 3 is 2.40 bits per heavy atom. The van der Waals surface area contributed by atoms with Crippen molar-refractivity contribution in [3.8, 4) is 0 Å². The maximum absolute atomic E-state index is 12.4. The number of piperidine rings is 2. The number of nitrogens with zero attached hydrogens (tertiary/aromatic N) is 2. The Kier molecular flexibility index (Phi) is 6.30. The first-order chi connectivity index (χ1) is 9.72. The van der Waals surface area contributed by atoms with Crippen molar-refractivity contribution in [1.29, 1.82) is 0 Å². The highest BCUT2D eigenvalue weighted by atomic mass is 16.2. The lowest BCUT2D eigenvalue weighted by Crippen LogP contribution is -2.49. The highest BCUT2D eigenvalue weighted by Gasteiger charge is 2.29. The van der Waals surface area contributed by atoms with E-state index in [0.29, 0.717) is 5.91 Å². The van der Waals surface area contributed by atoms with Gasteiger partial charge in [0, 0.05) is 31.6 Å². The van der Waals surface area contributed by atoms with Crippen LogP contribution in [-0.2, 0) is 4.79 Å². The molecule has 4 heteroatoms. The van der Waals surface area contributed by atoms with E-state index in [-0.39, 0.29) is 5.92 Å². The maximum atomic E-state index is 12.4. The number of hydrogen-bond acceptors (Lipinski definition) is 3. The molecule has 1 amide bonds. The SMILES string of the molecule is CCNCC(C)C(=O)N1CCC(N2CCCCC2)CC1. The van der Waals surface area contributed by atoms with E-state index in [2.05, 4.69) is 22.0 Å². The molecule has 0 saturated carbocycles. The Balaban J connectivity index is 1.74. The zero-order valence-corrected chi connectivity index (χ0v) is 13.2. The third kappa shape index (κ3) is 4.19. The van der Waals surface area contributed by atoms with Crippen molar-refractivity contribution in [2.75, 3.05) is 39.3 Å². The fraction of sp³-hybridized carbons (Fsp3) is 0.938. The summed E-state index contributed by atoms with van der Waals surface area (Å²) < 4.78 is 0. The monoisotopic (exact) mass is 281 g/mol. The van der Waals surface area contributed by atoms with Gasteiger partial charge in [0.2, 0.25) is 5.91 Å². The van der Waals surface area contributed by atoms with Gasteiger partial charge < -0.3 is 15.1 Å². The zero-order chi connectivity index (χ0) is 14.4. The summed E-state index contributed by atoms with van der Waals surface area (Å²) in [5.74, 6) is 0.449. The summed E-state index contributed by atoms with van der Waals surface area (Å²) in [7, 11) is 0. The van der Waals surface area contributed by atoms with E-state index in [1.807, 2.05) is 6.92 Å². The van der Waals surface area contributed by atoms with Crippen LogP contribution in [0, 0.1) is 5.92 Å². The molecule has 4 nitrogen and oxygen atoms in total. The molecule has 20 heavy (non-hydrogen) atoms. The molecule has 2 rings (SSSR count). The maximum Gasteiger partial charge on any atom is 0.226 e. The fourth-order valence-corrected chi connectivity index (χ4v) is 3.49. The molecule has 116 valence electrons. The van der Waals surface area contributed by atoms with E-state index in [9.17, 15) is 4.79 Å². The number of nitrogens with one attached hydrogen (secondary N) is 1. The second kappa shape index (κ2) is 7.99. The van der Waals surface area contributed by atoms with Gasteiger partial charge in [0.05, 0.1) is 0 Å². The van der Waals surface area contributed by atoms with Crippen LogP contribution in [0.15, 0.2) is 0 Å². The van der Waals surface area contributed by atoms with Gasteiger partial charge in [0.25, 0.3) is 0 Å². The normalized spacial score (nSPS) is 23.8. The third-order valence-corrected chi connectivity index (χ3v) is 4.81. The van der Waals surface area contributed by atoms with Crippen molar-refractivity contribution < 1.29 is 4.79 Å². The first-order valence-corrected chi connectivity index (χ1v) is 8.46. The first-order valence-electron chi connectivity index (χ1n) is 8.46. The summed E-state index contributed by atoms with van der Waals surface area (Å²) in [6.45, 7) is 10.3. The molecular formula is C16H31N3O. The Hall–Kier alpha value is -0.610. The van der Waals surface area contributed by atoms with Crippen molar-refractivity contribution in [1.82, 2.24) is 15.1 Å². The van der Waals surface area contributed by atoms with Crippen molar-refractivity contribution in [2.24, 2.45) is 5.92 Å². The molecule has 2 saturated heterocycles. The van der Waals surface area contributed by atoms with E-state index < -0.39 is 0 Å². The molecule has 0 spiro atoms. The van der Waals surface area contributed by atoms with Crippen molar-refractivity contribution in [3.05, 3.63) is 0 Å². The van der Waals surface area contributed by atoms with Gasteiger partial charge in [0.1, 0.15) is 0 Å². The number of likely N-dealkylation sites (tertiary alicyclic amines) is 2. The van der Waals surface area contributed by atoms with Crippen LogP contribution in [0.2, 0.25) is 0 Å². The minimum absolute atomic E-state index is 0.112. The molecule has 0 bridgehead atoms. The molecule has 2 aliphatic rings. The standard InChI is InChI=1S/C16H31N3O/c1-3-17-13-14(2)16(20)19-11-7-15(8-12-19)18-9-5-4-6-10-18/h14-15,17H,3-13H2,1-2H3. The predicted molar refractivity (Wildman–Crippen MR) is 82.7 cm³/mol. The molecule has 2 aliphatic heterocycles. The summed E-state index contributed by atoms with van der Waals surface area (Å²) in [5, 5.41) is 3.27. The molecule has 2 heterocycles. The van der Waals surface area contributed by atoms with Gasteiger partial charge in [-0.05, 0) is 45.3 Å². The first kappa shape index (κ1) is 15.8. The molecular weight excluding hydrogens is 250 g/mol. The molecule has 0 aromatic carbocycles. The third-order valence-electron chi connectivity index (χ3n) is 4.81.